The van der Waals surface area contributed by atoms with Crippen LogP contribution in [0.4, 0.5) is 10.5 Å². The van der Waals surface area contributed by atoms with E-state index in [9.17, 15) is 4.79 Å². The molecule has 0 saturated carbocycles. The van der Waals surface area contributed by atoms with Crippen LogP contribution in [-0.4, -0.2) is 55.3 Å². The molecule has 35 heavy (non-hydrogen) atoms. The van der Waals surface area contributed by atoms with Gasteiger partial charge in [-0.3, -0.25) is 0 Å². The standard InChI is InChI=1S/C26H32N4O4S/c1-6-19-20-8-7-10-29(20)25-18(17-9-11-28(2)15-23(17)35-25)14-30(19)26(31)27-16-12-21(32-3)24(34-5)22(13-16)33-4/h7-8,10,12-13,19H,6,9,11,14-15H2,1-5H3,(H,27,31). The van der Waals surface area contributed by atoms with Gasteiger partial charge in [-0.25, -0.2) is 4.79 Å². The number of rotatable bonds is 5. The molecule has 0 radical (unpaired) electrons. The van der Waals surface area contributed by atoms with Crippen LogP contribution in [0.3, 0.4) is 0 Å². The third kappa shape index (κ3) is 4.02. The van der Waals surface area contributed by atoms with Gasteiger partial charge >= 0.3 is 6.03 Å². The van der Waals surface area contributed by atoms with Gasteiger partial charge in [0.15, 0.2) is 11.5 Å². The zero-order chi connectivity index (χ0) is 24.7. The van der Waals surface area contributed by atoms with E-state index in [-0.39, 0.29) is 12.1 Å². The normalized spacial score (nSPS) is 17.2. The quantitative estimate of drug-likeness (QED) is 0.535. The van der Waals surface area contributed by atoms with Gasteiger partial charge in [-0.05, 0) is 37.6 Å². The number of likely N-dealkylation sites (N-methyl/N-ethyl adjacent to an activating group) is 1. The maximum Gasteiger partial charge on any atom is 0.322 e. The number of fused-ring (bicyclic) bond motifs is 5. The smallest absolute Gasteiger partial charge is 0.322 e. The second-order valence-electron chi connectivity index (χ2n) is 8.97. The maximum atomic E-state index is 13.8. The van der Waals surface area contributed by atoms with Gasteiger partial charge in [-0.2, -0.15) is 0 Å². The molecule has 2 amide bonds. The summed E-state index contributed by atoms with van der Waals surface area (Å²) in [6.07, 6.45) is 3.95. The summed E-state index contributed by atoms with van der Waals surface area (Å²) in [5.74, 6) is 1.49. The van der Waals surface area contributed by atoms with Gasteiger partial charge < -0.3 is 33.9 Å². The van der Waals surface area contributed by atoms with Crippen LogP contribution in [0.15, 0.2) is 30.5 Å². The Morgan fingerprint density at radius 2 is 1.86 bits per heavy atom. The fraction of sp³-hybridized carbons (Fsp3) is 0.423. The molecule has 3 aromatic rings. The molecular weight excluding hydrogens is 464 g/mol. The average molecular weight is 497 g/mol. The molecule has 2 aliphatic heterocycles. The SMILES string of the molecule is CCC1c2cccn2-c2sc3c(c2CN1C(=O)Nc1cc(OC)c(OC)c(OC)c1)CCN(C)C3. The number of urea groups is 1. The molecule has 186 valence electrons. The summed E-state index contributed by atoms with van der Waals surface area (Å²) in [6, 6.07) is 7.53. The zero-order valence-electron chi connectivity index (χ0n) is 20.9. The van der Waals surface area contributed by atoms with Gasteiger partial charge in [0.25, 0.3) is 0 Å². The molecule has 8 nitrogen and oxygen atoms in total. The number of anilines is 1. The number of nitrogens with zero attached hydrogens (tertiary/aromatic N) is 3. The van der Waals surface area contributed by atoms with Gasteiger partial charge in [0.05, 0.1) is 39.6 Å². The van der Waals surface area contributed by atoms with E-state index in [1.807, 2.05) is 16.2 Å². The summed E-state index contributed by atoms with van der Waals surface area (Å²) in [6.45, 7) is 4.69. The van der Waals surface area contributed by atoms with Crippen LogP contribution in [-0.2, 0) is 19.5 Å². The zero-order valence-corrected chi connectivity index (χ0v) is 21.7. The summed E-state index contributed by atoms with van der Waals surface area (Å²) in [7, 11) is 6.86. The molecule has 0 aliphatic carbocycles. The minimum atomic E-state index is -0.153. The van der Waals surface area contributed by atoms with E-state index >= 15 is 0 Å². The van der Waals surface area contributed by atoms with Crippen LogP contribution < -0.4 is 19.5 Å². The highest BCUT2D eigenvalue weighted by Gasteiger charge is 2.35. The summed E-state index contributed by atoms with van der Waals surface area (Å²) in [5.41, 5.74) is 4.41. The highest BCUT2D eigenvalue weighted by Crippen LogP contribution is 2.43. The van der Waals surface area contributed by atoms with Crippen LogP contribution in [0, 0.1) is 0 Å². The Morgan fingerprint density at radius 1 is 1.11 bits per heavy atom. The molecule has 0 saturated heterocycles. The molecule has 1 unspecified atom stereocenters. The number of hydrogen-bond donors (Lipinski definition) is 1. The molecule has 2 aromatic heterocycles. The fourth-order valence-corrected chi connectivity index (χ4v) is 6.66. The fourth-order valence-electron chi connectivity index (χ4n) is 5.22. The number of carbonyl (C=O) groups excluding carboxylic acids is 1. The lowest BCUT2D eigenvalue weighted by atomic mass is 10.0. The van der Waals surface area contributed by atoms with Crippen molar-refractivity contribution in [2.75, 3.05) is 40.2 Å². The van der Waals surface area contributed by atoms with Crippen LogP contribution in [0.2, 0.25) is 0 Å². The lowest BCUT2D eigenvalue weighted by Crippen LogP contribution is -2.37. The van der Waals surface area contributed by atoms with E-state index < -0.39 is 0 Å². The highest BCUT2D eigenvalue weighted by molar-refractivity contribution is 7.15. The van der Waals surface area contributed by atoms with Crippen LogP contribution in [0.1, 0.15) is 41.1 Å². The maximum absolute atomic E-state index is 13.8. The Hall–Kier alpha value is -3.17. The van der Waals surface area contributed by atoms with E-state index in [1.165, 1.54) is 21.0 Å². The molecule has 2 aliphatic rings. The largest absolute Gasteiger partial charge is 0.493 e. The number of methoxy groups -OCH3 is 3. The van der Waals surface area contributed by atoms with Gasteiger partial charge in [-0.15, -0.1) is 11.3 Å². The van der Waals surface area contributed by atoms with Crippen molar-refractivity contribution in [1.29, 1.82) is 0 Å². The minimum absolute atomic E-state index is 0.0476. The summed E-state index contributed by atoms with van der Waals surface area (Å²) >= 11 is 1.86. The number of carbonyl (C=O) groups is 1. The first kappa shape index (κ1) is 23.6. The molecule has 0 spiro atoms. The lowest BCUT2D eigenvalue weighted by molar-refractivity contribution is 0.181. The van der Waals surface area contributed by atoms with Crippen molar-refractivity contribution in [1.82, 2.24) is 14.4 Å². The first-order valence-corrected chi connectivity index (χ1v) is 12.7. The van der Waals surface area contributed by atoms with E-state index in [1.54, 1.807) is 33.5 Å². The molecule has 1 N–H and O–H groups in total. The van der Waals surface area contributed by atoms with E-state index in [0.29, 0.717) is 29.5 Å². The van der Waals surface area contributed by atoms with Crippen molar-refractivity contribution in [2.24, 2.45) is 0 Å². The minimum Gasteiger partial charge on any atom is -0.493 e. The van der Waals surface area contributed by atoms with Gasteiger partial charge in [0.2, 0.25) is 5.75 Å². The van der Waals surface area contributed by atoms with E-state index in [4.69, 9.17) is 14.2 Å². The molecule has 1 atom stereocenters. The third-order valence-electron chi connectivity index (χ3n) is 6.94. The van der Waals surface area contributed by atoms with Crippen molar-refractivity contribution < 1.29 is 19.0 Å². The van der Waals surface area contributed by atoms with Crippen molar-refractivity contribution in [3.8, 4) is 22.2 Å². The molecule has 5 rings (SSSR count). The number of aromatic nitrogens is 1. The first-order chi connectivity index (χ1) is 17.0. The van der Waals surface area contributed by atoms with Crippen molar-refractivity contribution in [2.45, 2.75) is 38.9 Å². The van der Waals surface area contributed by atoms with Crippen LogP contribution in [0.25, 0.3) is 5.00 Å². The number of benzene rings is 1. The van der Waals surface area contributed by atoms with Crippen molar-refractivity contribution >= 4 is 23.1 Å². The molecular formula is C26H32N4O4S. The molecule has 0 fully saturated rings. The van der Waals surface area contributed by atoms with Crippen molar-refractivity contribution in [3.05, 3.63) is 52.2 Å². The topological polar surface area (TPSA) is 68.2 Å². The predicted molar refractivity (Wildman–Crippen MR) is 137 cm³/mol. The van der Waals surface area contributed by atoms with Crippen LogP contribution >= 0.6 is 11.3 Å². The number of nitrogens with one attached hydrogen (secondary N) is 1. The Morgan fingerprint density at radius 3 is 2.51 bits per heavy atom. The lowest BCUT2D eigenvalue weighted by Gasteiger charge is -2.31. The van der Waals surface area contributed by atoms with Crippen molar-refractivity contribution in [3.63, 3.8) is 0 Å². The molecule has 4 heterocycles. The predicted octanol–water partition coefficient (Wildman–Crippen LogP) is 5.05. The number of ether oxygens (including phenoxy) is 3. The molecule has 9 heteroatoms. The number of thiophene rings is 1. The summed E-state index contributed by atoms with van der Waals surface area (Å²) in [4.78, 5) is 19.5. The Kier molecular flexibility index (Phi) is 6.37. The third-order valence-corrected chi connectivity index (χ3v) is 8.20. The van der Waals surface area contributed by atoms with E-state index in [2.05, 4.69) is 47.1 Å². The summed E-state index contributed by atoms with van der Waals surface area (Å²) in [5, 5.41) is 4.34. The first-order valence-electron chi connectivity index (χ1n) is 11.9. The second-order valence-corrected chi connectivity index (χ2v) is 10.1. The summed E-state index contributed by atoms with van der Waals surface area (Å²) < 4.78 is 18.7. The Bertz CT molecular complexity index is 1230. The Balaban J connectivity index is 1.53. The van der Waals surface area contributed by atoms with Crippen LogP contribution in [0.5, 0.6) is 17.2 Å². The Labute approximate surface area is 210 Å². The average Bonchev–Trinajstić information content (AvgIpc) is 3.44. The molecule has 0 bridgehead atoms. The second kappa shape index (κ2) is 9.47. The van der Waals surface area contributed by atoms with Gasteiger partial charge in [0, 0.05) is 47.6 Å². The van der Waals surface area contributed by atoms with E-state index in [0.717, 1.165) is 31.6 Å². The number of hydrogen-bond acceptors (Lipinski definition) is 6. The van der Waals surface area contributed by atoms with Gasteiger partial charge in [0.1, 0.15) is 5.00 Å². The highest BCUT2D eigenvalue weighted by atomic mass is 32.1. The number of amides is 2. The van der Waals surface area contributed by atoms with Gasteiger partial charge in [-0.1, -0.05) is 6.92 Å². The molecule has 1 aromatic carbocycles. The monoisotopic (exact) mass is 496 g/mol.